The number of hydrogen-bond acceptors (Lipinski definition) is 6. The summed E-state index contributed by atoms with van der Waals surface area (Å²) in [5.74, 6) is 2.35. The van der Waals surface area contributed by atoms with Crippen molar-refractivity contribution in [3.05, 3.63) is 40.3 Å². The average Bonchev–Trinajstić information content (AvgIpc) is 3.15. The minimum absolute atomic E-state index is 0. The van der Waals surface area contributed by atoms with Crippen LogP contribution in [0.5, 0.6) is 11.5 Å². The van der Waals surface area contributed by atoms with Crippen LogP contribution in [0, 0.1) is 0 Å². The second-order valence-electron chi connectivity index (χ2n) is 5.91. The maximum absolute atomic E-state index is 5.74. The van der Waals surface area contributed by atoms with Crippen LogP contribution in [-0.2, 0) is 11.3 Å². The molecule has 0 aliphatic rings. The van der Waals surface area contributed by atoms with E-state index in [1.54, 1.807) is 32.6 Å². The highest BCUT2D eigenvalue weighted by Gasteiger charge is 2.12. The minimum Gasteiger partial charge on any atom is -0.497 e. The lowest BCUT2D eigenvalue weighted by Crippen LogP contribution is -2.40. The number of nitrogens with zero attached hydrogens (tertiary/aromatic N) is 3. The van der Waals surface area contributed by atoms with Crippen molar-refractivity contribution < 1.29 is 14.2 Å². The summed E-state index contributed by atoms with van der Waals surface area (Å²) in [5.41, 5.74) is 0.997. The minimum atomic E-state index is 0. The van der Waals surface area contributed by atoms with E-state index in [0.717, 1.165) is 28.2 Å². The molecule has 0 amide bonds. The first-order valence-corrected chi connectivity index (χ1v) is 9.61. The fourth-order valence-corrected chi connectivity index (χ4v) is 3.25. The van der Waals surface area contributed by atoms with Crippen LogP contribution in [0.3, 0.4) is 0 Å². The Kier molecular flexibility index (Phi) is 11.2. The Balaban J connectivity index is 0.00000392. The van der Waals surface area contributed by atoms with Gasteiger partial charge in [0.15, 0.2) is 5.96 Å². The fourth-order valence-electron chi connectivity index (χ4n) is 2.41. The molecule has 0 bridgehead atoms. The number of aromatic nitrogens is 1. The molecule has 0 radical (unpaired) electrons. The van der Waals surface area contributed by atoms with Gasteiger partial charge in [-0.1, -0.05) is 6.07 Å². The maximum Gasteiger partial charge on any atom is 0.193 e. The van der Waals surface area contributed by atoms with Gasteiger partial charge in [0.05, 0.1) is 25.9 Å². The zero-order chi connectivity index (χ0) is 19.6. The van der Waals surface area contributed by atoms with Crippen molar-refractivity contribution in [3.63, 3.8) is 0 Å². The molecule has 1 aromatic heterocycles. The molecular formula is C19H29IN4O3S. The van der Waals surface area contributed by atoms with Crippen LogP contribution in [0.15, 0.2) is 34.6 Å². The van der Waals surface area contributed by atoms with Gasteiger partial charge >= 0.3 is 0 Å². The molecule has 0 spiro atoms. The summed E-state index contributed by atoms with van der Waals surface area (Å²) >= 11 is 1.61. The molecule has 2 aromatic rings. The summed E-state index contributed by atoms with van der Waals surface area (Å²) < 4.78 is 16.3. The molecule has 1 heterocycles. The van der Waals surface area contributed by atoms with E-state index < -0.39 is 0 Å². The Bertz CT molecular complexity index is 741. The summed E-state index contributed by atoms with van der Waals surface area (Å²) in [6.45, 7) is 3.82. The van der Waals surface area contributed by atoms with Gasteiger partial charge in [0, 0.05) is 32.7 Å². The summed E-state index contributed by atoms with van der Waals surface area (Å²) in [5, 5.41) is 6.34. The van der Waals surface area contributed by atoms with Crippen molar-refractivity contribution in [1.29, 1.82) is 0 Å². The van der Waals surface area contributed by atoms with E-state index in [1.807, 2.05) is 43.1 Å². The number of ether oxygens (including phenoxy) is 3. The van der Waals surface area contributed by atoms with Gasteiger partial charge in [-0.2, -0.15) is 0 Å². The van der Waals surface area contributed by atoms with Crippen molar-refractivity contribution in [3.8, 4) is 11.5 Å². The van der Waals surface area contributed by atoms with Gasteiger partial charge in [-0.15, -0.1) is 35.3 Å². The number of hydrogen-bond donors (Lipinski definition) is 1. The second-order valence-corrected chi connectivity index (χ2v) is 6.80. The van der Waals surface area contributed by atoms with Crippen LogP contribution in [0.1, 0.15) is 23.7 Å². The van der Waals surface area contributed by atoms with Gasteiger partial charge in [-0.05, 0) is 19.1 Å². The molecule has 0 saturated heterocycles. The molecular weight excluding hydrogens is 491 g/mol. The normalized spacial score (nSPS) is 12.1. The van der Waals surface area contributed by atoms with Gasteiger partial charge < -0.3 is 24.4 Å². The molecule has 2 rings (SSSR count). The summed E-state index contributed by atoms with van der Waals surface area (Å²) in [6, 6.07) is 7.56. The predicted molar refractivity (Wildman–Crippen MR) is 124 cm³/mol. The van der Waals surface area contributed by atoms with E-state index in [-0.39, 0.29) is 30.1 Å². The number of rotatable bonds is 9. The van der Waals surface area contributed by atoms with Crippen LogP contribution in [0.2, 0.25) is 0 Å². The Morgan fingerprint density at radius 3 is 2.75 bits per heavy atom. The topological polar surface area (TPSA) is 68.2 Å². The Hall–Kier alpha value is -1.59. The van der Waals surface area contributed by atoms with Gasteiger partial charge in [0.1, 0.15) is 29.2 Å². The van der Waals surface area contributed by atoms with Gasteiger partial charge in [0.2, 0.25) is 0 Å². The lowest BCUT2D eigenvalue weighted by atomic mass is 10.3. The molecule has 156 valence electrons. The highest BCUT2D eigenvalue weighted by atomic mass is 127. The van der Waals surface area contributed by atoms with E-state index in [2.05, 4.69) is 20.7 Å². The number of benzene rings is 1. The zero-order valence-corrected chi connectivity index (χ0v) is 20.1. The molecule has 28 heavy (non-hydrogen) atoms. The Morgan fingerprint density at radius 1 is 1.32 bits per heavy atom. The van der Waals surface area contributed by atoms with Crippen molar-refractivity contribution in [1.82, 2.24) is 15.2 Å². The van der Waals surface area contributed by atoms with Crippen LogP contribution >= 0.6 is 35.3 Å². The van der Waals surface area contributed by atoms with E-state index in [4.69, 9.17) is 14.2 Å². The standard InChI is InChI=1S/C19H28N4O3S.HI/c1-14(24-4)18-22-15(13-27-18)12-23(3)19(20-2)21-9-10-26-17-8-6-7-16(11-17)25-5;/h6-8,11,13-14H,9-10,12H2,1-5H3,(H,20,21);1H. The number of methoxy groups -OCH3 is 2. The number of aliphatic imine (C=N–C) groups is 1. The van der Waals surface area contributed by atoms with E-state index in [1.165, 1.54) is 0 Å². The highest BCUT2D eigenvalue weighted by molar-refractivity contribution is 14.0. The Labute approximate surface area is 188 Å². The molecule has 1 N–H and O–H groups in total. The lowest BCUT2D eigenvalue weighted by molar-refractivity contribution is 0.119. The van der Waals surface area contributed by atoms with Crippen molar-refractivity contribution in [2.24, 2.45) is 4.99 Å². The summed E-state index contributed by atoms with van der Waals surface area (Å²) in [7, 11) is 7.08. The highest BCUT2D eigenvalue weighted by Crippen LogP contribution is 2.21. The van der Waals surface area contributed by atoms with Crippen LogP contribution in [-0.4, -0.2) is 57.3 Å². The molecule has 9 heteroatoms. The monoisotopic (exact) mass is 520 g/mol. The number of nitrogens with one attached hydrogen (secondary N) is 1. The number of thiazole rings is 1. The second kappa shape index (κ2) is 12.8. The quantitative estimate of drug-likeness (QED) is 0.236. The maximum atomic E-state index is 5.74. The van der Waals surface area contributed by atoms with Gasteiger partial charge in [-0.25, -0.2) is 4.98 Å². The molecule has 0 aliphatic heterocycles. The third-order valence-electron chi connectivity index (χ3n) is 3.94. The first-order chi connectivity index (χ1) is 13.1. The lowest BCUT2D eigenvalue weighted by Gasteiger charge is -2.21. The zero-order valence-electron chi connectivity index (χ0n) is 17.0. The predicted octanol–water partition coefficient (Wildman–Crippen LogP) is 3.56. The van der Waals surface area contributed by atoms with E-state index in [9.17, 15) is 0 Å². The molecule has 1 aromatic carbocycles. The first-order valence-electron chi connectivity index (χ1n) is 8.73. The summed E-state index contributed by atoms with van der Waals surface area (Å²) in [6.07, 6.45) is 0.0141. The van der Waals surface area contributed by atoms with Crippen molar-refractivity contribution in [2.45, 2.75) is 19.6 Å². The fraction of sp³-hybridized carbons (Fsp3) is 0.474. The van der Waals surface area contributed by atoms with Gasteiger partial charge in [-0.3, -0.25) is 4.99 Å². The number of guanidine groups is 1. The molecule has 1 unspecified atom stereocenters. The molecule has 0 saturated carbocycles. The van der Waals surface area contributed by atoms with Crippen LogP contribution < -0.4 is 14.8 Å². The molecule has 7 nitrogen and oxygen atoms in total. The molecule has 0 fully saturated rings. The summed E-state index contributed by atoms with van der Waals surface area (Å²) in [4.78, 5) is 11.0. The van der Waals surface area contributed by atoms with Gasteiger partial charge in [0.25, 0.3) is 0 Å². The average molecular weight is 520 g/mol. The van der Waals surface area contributed by atoms with Crippen LogP contribution in [0.4, 0.5) is 0 Å². The van der Waals surface area contributed by atoms with Crippen molar-refractivity contribution in [2.75, 3.05) is 41.5 Å². The third-order valence-corrected chi connectivity index (χ3v) is 4.99. The third kappa shape index (κ3) is 7.44. The smallest absolute Gasteiger partial charge is 0.193 e. The first kappa shape index (κ1) is 24.4. The Morgan fingerprint density at radius 2 is 2.07 bits per heavy atom. The SMILES string of the molecule is CN=C(NCCOc1cccc(OC)c1)N(C)Cc1csc(C(C)OC)n1.I. The molecule has 0 aliphatic carbocycles. The van der Waals surface area contributed by atoms with E-state index in [0.29, 0.717) is 19.7 Å². The number of halogens is 1. The van der Waals surface area contributed by atoms with E-state index >= 15 is 0 Å². The molecule has 1 atom stereocenters. The van der Waals surface area contributed by atoms with Crippen molar-refractivity contribution >= 4 is 41.3 Å². The van der Waals surface area contributed by atoms with Crippen LogP contribution in [0.25, 0.3) is 0 Å². The largest absolute Gasteiger partial charge is 0.497 e.